The Kier molecular flexibility index (Phi) is 4.74. The quantitative estimate of drug-likeness (QED) is 0.262. The summed E-state index contributed by atoms with van der Waals surface area (Å²) in [7, 11) is 1.41. The number of hydrogen-bond donors (Lipinski definition) is 3. The van der Waals surface area contributed by atoms with Crippen LogP contribution in [-0.4, -0.2) is 42.0 Å². The third-order valence-corrected chi connectivity index (χ3v) is 5.57. The normalized spacial score (nSPS) is 16.1. The van der Waals surface area contributed by atoms with E-state index < -0.39 is 49.9 Å². The summed E-state index contributed by atoms with van der Waals surface area (Å²) < 4.78 is 90.3. The minimum Gasteiger partial charge on any atom is -0.437 e. The number of aliphatic hydroxyl groups excluding tert-OH is 1. The number of anilines is 1. The molecule has 7 nitrogen and oxygen atoms in total. The van der Waals surface area contributed by atoms with E-state index in [1.807, 2.05) is 0 Å². The van der Waals surface area contributed by atoms with E-state index in [1.54, 1.807) is 12.1 Å². The van der Waals surface area contributed by atoms with Crippen molar-refractivity contribution >= 4 is 28.6 Å². The molecule has 0 saturated heterocycles. The van der Waals surface area contributed by atoms with Gasteiger partial charge in [0.25, 0.3) is 5.91 Å². The molecule has 0 atom stereocenters. The Labute approximate surface area is 227 Å². The molecule has 0 radical (unpaired) electrons. The van der Waals surface area contributed by atoms with E-state index in [0.29, 0.717) is 16.7 Å². The van der Waals surface area contributed by atoms with Crippen LogP contribution in [0.25, 0.3) is 33.6 Å². The van der Waals surface area contributed by atoms with Crippen molar-refractivity contribution in [3.63, 3.8) is 0 Å². The van der Waals surface area contributed by atoms with E-state index >= 15 is 0 Å². The van der Waals surface area contributed by atoms with Crippen LogP contribution < -0.4 is 10.6 Å². The summed E-state index contributed by atoms with van der Waals surface area (Å²) in [6.45, 7) is -10.9. The Morgan fingerprint density at radius 2 is 1.86 bits per heavy atom. The van der Waals surface area contributed by atoms with Gasteiger partial charge in [0.15, 0.2) is 5.78 Å². The van der Waals surface area contributed by atoms with Crippen molar-refractivity contribution in [2.45, 2.75) is 27.0 Å². The first-order valence-corrected chi connectivity index (χ1v) is 11.3. The van der Waals surface area contributed by atoms with Crippen LogP contribution in [0.5, 0.6) is 0 Å². The number of carbonyl (C=O) groups is 2. The number of aromatic nitrogens is 1. The topological polar surface area (TPSA) is 104 Å². The zero-order valence-electron chi connectivity index (χ0n) is 28.8. The highest BCUT2D eigenvalue weighted by Gasteiger charge is 2.25. The second-order valence-corrected chi connectivity index (χ2v) is 8.37. The summed E-state index contributed by atoms with van der Waals surface area (Å²) in [5, 5.41) is 15.2. The summed E-state index contributed by atoms with van der Waals surface area (Å²) in [5.74, 6) is -1.80. The number of furan rings is 1. The number of nitrogens with zero attached hydrogens (tertiary/aromatic N) is 1. The number of amides is 1. The minimum atomic E-state index is -3.55. The summed E-state index contributed by atoms with van der Waals surface area (Å²) in [5.41, 5.74) is -2.42. The lowest BCUT2D eigenvalue weighted by molar-refractivity contribution is 0.0937. The molecule has 0 aliphatic carbocycles. The van der Waals surface area contributed by atoms with Gasteiger partial charge in [0.05, 0.1) is 17.6 Å². The average Bonchev–Trinajstić information content (AvgIpc) is 3.34. The Morgan fingerprint density at radius 3 is 2.54 bits per heavy atom. The first-order chi connectivity index (χ1) is 21.4. The van der Waals surface area contributed by atoms with Crippen LogP contribution >= 0.6 is 0 Å². The number of Topliss-reactive ketones (excluding diaryl/α,β-unsaturated/α-hetero) is 1. The van der Waals surface area contributed by atoms with Crippen LogP contribution in [0.1, 0.15) is 60.0 Å². The van der Waals surface area contributed by atoms with Gasteiger partial charge in [-0.25, -0.2) is 4.39 Å². The van der Waals surface area contributed by atoms with Crippen molar-refractivity contribution < 1.29 is 35.8 Å². The fourth-order valence-corrected chi connectivity index (χ4v) is 3.91. The molecule has 2 aromatic carbocycles. The largest absolute Gasteiger partial charge is 0.437 e. The van der Waals surface area contributed by atoms with Crippen LogP contribution in [0.3, 0.4) is 0 Å². The van der Waals surface area contributed by atoms with Crippen molar-refractivity contribution in [3.8, 4) is 22.5 Å². The predicted molar refractivity (Wildman–Crippen MR) is 142 cm³/mol. The highest BCUT2D eigenvalue weighted by atomic mass is 19.1. The summed E-state index contributed by atoms with van der Waals surface area (Å²) in [6, 6.07) is 12.4. The molecular formula is C29H30FN3O4. The van der Waals surface area contributed by atoms with Gasteiger partial charge in [0.2, 0.25) is 5.71 Å². The van der Waals surface area contributed by atoms with Crippen molar-refractivity contribution in [2.24, 2.45) is 5.41 Å². The van der Waals surface area contributed by atoms with Gasteiger partial charge in [0, 0.05) is 49.0 Å². The number of nitrogens with one attached hydrogen (secondary N) is 2. The van der Waals surface area contributed by atoms with Crippen LogP contribution in [-0.2, 0) is 0 Å². The second-order valence-electron chi connectivity index (χ2n) is 8.37. The van der Waals surface area contributed by atoms with E-state index in [-0.39, 0.29) is 47.0 Å². The molecule has 0 unspecified atom stereocenters. The zero-order chi connectivity index (χ0) is 34.2. The van der Waals surface area contributed by atoms with Crippen LogP contribution in [0, 0.1) is 11.2 Å². The molecule has 4 rings (SSSR count). The molecule has 0 aliphatic heterocycles. The number of pyridine rings is 1. The molecule has 2 aromatic heterocycles. The van der Waals surface area contributed by atoms with Gasteiger partial charge in [-0.3, -0.25) is 9.59 Å². The number of hydrogen-bond acceptors (Lipinski definition) is 6. The molecule has 1 amide bonds. The van der Waals surface area contributed by atoms with E-state index in [4.69, 9.17) is 16.8 Å². The Morgan fingerprint density at radius 1 is 1.11 bits per heavy atom. The van der Waals surface area contributed by atoms with Gasteiger partial charge in [-0.1, -0.05) is 38.8 Å². The standard InChI is InChI=1S/C29H30FN3O4/c1-29(2,3)16-23(35)19-7-5-6-18(14-19)21-15-22-24(27(36)31-4)25(17-8-10-20(30)11-9-17)37-28(22)33-26(21)32-12-13-34/h5-11,14-15,34H,12-13,16H2,1-4H3,(H,31,36)(H,32,33)/i1D3,2D3,3D3. The maximum absolute atomic E-state index is 13.6. The van der Waals surface area contributed by atoms with Crippen molar-refractivity contribution in [1.82, 2.24) is 10.3 Å². The fraction of sp³-hybridized carbons (Fsp3) is 0.276. The number of carbonyl (C=O) groups excluding carboxylic acids is 2. The molecule has 3 N–H and O–H groups in total. The highest BCUT2D eigenvalue weighted by Crippen LogP contribution is 2.38. The van der Waals surface area contributed by atoms with Crippen molar-refractivity contribution in [2.75, 3.05) is 25.5 Å². The third-order valence-electron chi connectivity index (χ3n) is 5.57. The SMILES string of the molecule is [2H]C([2H])([2H])C(CC(=O)c1cccc(-c2cc3c(C(=O)NC)c(-c4ccc(F)cc4)oc3nc2NCCO)c1)(C([2H])([2H])[2H])C([2H])([2H])[2H]. The number of benzene rings is 2. The second kappa shape index (κ2) is 10.5. The number of halogens is 1. The van der Waals surface area contributed by atoms with Gasteiger partial charge < -0.3 is 20.2 Å². The average molecular weight is 513 g/mol. The summed E-state index contributed by atoms with van der Waals surface area (Å²) >= 11 is 0. The molecule has 0 saturated carbocycles. The summed E-state index contributed by atoms with van der Waals surface area (Å²) in [6.07, 6.45) is -1.32. The number of ketones is 1. The smallest absolute Gasteiger partial charge is 0.255 e. The van der Waals surface area contributed by atoms with Crippen molar-refractivity contribution in [3.05, 3.63) is 71.5 Å². The molecule has 0 aliphatic rings. The van der Waals surface area contributed by atoms with Gasteiger partial charge in [-0.15, -0.1) is 0 Å². The summed E-state index contributed by atoms with van der Waals surface area (Å²) in [4.78, 5) is 31.1. The van der Waals surface area contributed by atoms with Crippen LogP contribution in [0.4, 0.5) is 10.2 Å². The molecule has 4 aromatic rings. The molecule has 37 heavy (non-hydrogen) atoms. The van der Waals surface area contributed by atoms with Gasteiger partial charge in [-0.05, 0) is 47.4 Å². The maximum atomic E-state index is 13.6. The lowest BCUT2D eigenvalue weighted by atomic mass is 9.87. The fourth-order valence-electron chi connectivity index (χ4n) is 3.91. The lowest BCUT2D eigenvalue weighted by Gasteiger charge is -2.17. The van der Waals surface area contributed by atoms with Gasteiger partial charge in [0.1, 0.15) is 17.4 Å². The zero-order valence-corrected chi connectivity index (χ0v) is 19.8. The molecule has 0 fully saturated rings. The highest BCUT2D eigenvalue weighted by molar-refractivity contribution is 6.11. The lowest BCUT2D eigenvalue weighted by Crippen LogP contribution is -2.18. The molecule has 0 bridgehead atoms. The van der Waals surface area contributed by atoms with E-state index in [2.05, 4.69) is 15.6 Å². The molecule has 2 heterocycles. The Balaban J connectivity index is 1.90. The van der Waals surface area contributed by atoms with E-state index in [1.165, 1.54) is 49.5 Å². The van der Waals surface area contributed by atoms with Crippen LogP contribution in [0.2, 0.25) is 0 Å². The minimum absolute atomic E-state index is 0.0205. The first kappa shape index (κ1) is 16.7. The molecule has 0 spiro atoms. The number of aliphatic hydroxyl groups is 1. The van der Waals surface area contributed by atoms with E-state index in [9.17, 15) is 19.1 Å². The molecular weight excluding hydrogens is 473 g/mol. The predicted octanol–water partition coefficient (Wildman–Crippen LogP) is 5.68. The monoisotopic (exact) mass is 512 g/mol. The Bertz CT molecular complexity index is 1730. The molecule has 192 valence electrons. The Hall–Kier alpha value is -4.04. The van der Waals surface area contributed by atoms with Crippen LogP contribution in [0.15, 0.2) is 59.0 Å². The number of fused-ring (bicyclic) bond motifs is 1. The maximum Gasteiger partial charge on any atom is 0.255 e. The van der Waals surface area contributed by atoms with Gasteiger partial charge >= 0.3 is 0 Å². The third kappa shape index (κ3) is 5.70. The molecule has 8 heteroatoms. The first-order valence-electron chi connectivity index (χ1n) is 15.8. The number of rotatable bonds is 8. The van der Waals surface area contributed by atoms with E-state index in [0.717, 1.165) is 0 Å². The van der Waals surface area contributed by atoms with Gasteiger partial charge in [-0.2, -0.15) is 4.98 Å². The van der Waals surface area contributed by atoms with Crippen molar-refractivity contribution in [1.29, 1.82) is 0 Å².